The van der Waals surface area contributed by atoms with E-state index >= 15 is 0 Å². The molecule has 0 spiro atoms. The summed E-state index contributed by atoms with van der Waals surface area (Å²) in [4.78, 5) is 24.5. The van der Waals surface area contributed by atoms with Crippen LogP contribution < -0.4 is 0 Å². The molecule has 5 nitrogen and oxygen atoms in total. The van der Waals surface area contributed by atoms with Crippen molar-refractivity contribution in [2.24, 2.45) is 0 Å². The third-order valence-corrected chi connectivity index (χ3v) is 2.73. The number of ether oxygens (including phenoxy) is 2. The monoisotopic (exact) mass is 211 g/mol. The van der Waals surface area contributed by atoms with Gasteiger partial charge in [0, 0.05) is 6.42 Å². The maximum Gasteiger partial charge on any atom is 0.411 e. The van der Waals surface area contributed by atoms with Gasteiger partial charge < -0.3 is 9.47 Å². The average Bonchev–Trinajstić information content (AvgIpc) is 2.28. The first-order valence-electron chi connectivity index (χ1n) is 4.93. The molecule has 1 fully saturated rings. The topological polar surface area (TPSA) is 55.8 Å². The third kappa shape index (κ3) is 1.69. The highest BCUT2D eigenvalue weighted by Gasteiger charge is 2.39. The second kappa shape index (κ2) is 3.92. The number of hydrogen-bond donors (Lipinski definition) is 0. The number of rotatable bonds is 1. The van der Waals surface area contributed by atoms with E-state index in [2.05, 4.69) is 4.74 Å². The summed E-state index contributed by atoms with van der Waals surface area (Å²) in [5.74, 6) is -0.386. The fraction of sp³-hybridized carbons (Fsp3) is 0.600. The van der Waals surface area contributed by atoms with Gasteiger partial charge in [-0.15, -0.1) is 0 Å². The maximum absolute atomic E-state index is 11.5. The highest BCUT2D eigenvalue weighted by atomic mass is 16.6. The second-order valence-corrected chi connectivity index (χ2v) is 3.58. The number of carbonyl (C=O) groups excluding carboxylic acids is 2. The van der Waals surface area contributed by atoms with Crippen molar-refractivity contribution in [3.63, 3.8) is 0 Å². The van der Waals surface area contributed by atoms with Crippen LogP contribution in [0.2, 0.25) is 0 Å². The van der Waals surface area contributed by atoms with Crippen LogP contribution in [0.5, 0.6) is 0 Å². The molecule has 2 aliphatic heterocycles. The molecule has 82 valence electrons. The van der Waals surface area contributed by atoms with Gasteiger partial charge >= 0.3 is 12.1 Å². The summed E-state index contributed by atoms with van der Waals surface area (Å²) in [5.41, 5.74) is 0. The van der Waals surface area contributed by atoms with Gasteiger partial charge in [0.25, 0.3) is 0 Å². The van der Waals surface area contributed by atoms with Crippen LogP contribution >= 0.6 is 0 Å². The molecule has 0 aromatic rings. The Bertz CT molecular complexity index is 313. The standard InChI is InChI=1S/C10H13NO4/c1-14-9(12)8-4-2-3-7-5-6-15-10(13)11(7)8/h2-3,7-8H,4-6H2,1H3. The molecule has 0 saturated carbocycles. The molecule has 0 aromatic heterocycles. The van der Waals surface area contributed by atoms with Crippen LogP contribution in [0.3, 0.4) is 0 Å². The molecule has 0 aromatic carbocycles. The fourth-order valence-corrected chi connectivity index (χ4v) is 1.99. The molecule has 2 heterocycles. The minimum absolute atomic E-state index is 0.0240. The molecule has 2 rings (SSSR count). The lowest BCUT2D eigenvalue weighted by Crippen LogP contribution is -2.55. The number of fused-ring (bicyclic) bond motifs is 1. The molecule has 0 bridgehead atoms. The lowest BCUT2D eigenvalue weighted by atomic mass is 10.0. The highest BCUT2D eigenvalue weighted by Crippen LogP contribution is 2.24. The predicted molar refractivity (Wildman–Crippen MR) is 51.2 cm³/mol. The van der Waals surface area contributed by atoms with Gasteiger partial charge in [-0.2, -0.15) is 0 Å². The second-order valence-electron chi connectivity index (χ2n) is 3.58. The Hall–Kier alpha value is -1.52. The van der Waals surface area contributed by atoms with E-state index in [1.807, 2.05) is 12.2 Å². The van der Waals surface area contributed by atoms with Gasteiger partial charge in [0.2, 0.25) is 0 Å². The molecular formula is C10H13NO4. The molecule has 0 aliphatic carbocycles. The lowest BCUT2D eigenvalue weighted by Gasteiger charge is -2.39. The first kappa shape index (κ1) is 10.0. The van der Waals surface area contributed by atoms with Gasteiger partial charge in [-0.05, 0) is 6.42 Å². The van der Waals surface area contributed by atoms with Crippen molar-refractivity contribution in [1.82, 2.24) is 4.90 Å². The van der Waals surface area contributed by atoms with Gasteiger partial charge in [-0.25, -0.2) is 9.59 Å². The largest absolute Gasteiger partial charge is 0.467 e. The Morgan fingerprint density at radius 3 is 3.20 bits per heavy atom. The molecule has 15 heavy (non-hydrogen) atoms. The number of methoxy groups -OCH3 is 1. The zero-order valence-electron chi connectivity index (χ0n) is 8.51. The molecule has 1 amide bonds. The Balaban J connectivity index is 2.22. The van der Waals surface area contributed by atoms with Gasteiger partial charge in [0.05, 0.1) is 19.8 Å². The Morgan fingerprint density at radius 1 is 1.67 bits per heavy atom. The van der Waals surface area contributed by atoms with E-state index in [-0.39, 0.29) is 12.0 Å². The zero-order chi connectivity index (χ0) is 10.8. The van der Waals surface area contributed by atoms with Gasteiger partial charge in [-0.1, -0.05) is 12.2 Å². The SMILES string of the molecule is COC(=O)C1CC=CC2CCOC(=O)N21. The summed E-state index contributed by atoms with van der Waals surface area (Å²) in [6.45, 7) is 0.415. The predicted octanol–water partition coefficient (Wildman–Crippen LogP) is 0.699. The Labute approximate surface area is 87.6 Å². The van der Waals surface area contributed by atoms with E-state index in [1.165, 1.54) is 12.0 Å². The van der Waals surface area contributed by atoms with E-state index in [9.17, 15) is 9.59 Å². The third-order valence-electron chi connectivity index (χ3n) is 2.73. The minimum Gasteiger partial charge on any atom is -0.467 e. The molecule has 5 heteroatoms. The number of esters is 1. The molecule has 2 atom stereocenters. The van der Waals surface area contributed by atoms with Gasteiger partial charge in [-0.3, -0.25) is 4.90 Å². The van der Waals surface area contributed by atoms with E-state index < -0.39 is 12.1 Å². The number of hydrogen-bond acceptors (Lipinski definition) is 4. The van der Waals surface area contributed by atoms with Crippen molar-refractivity contribution in [3.8, 4) is 0 Å². The van der Waals surface area contributed by atoms with Crippen molar-refractivity contribution in [1.29, 1.82) is 0 Å². The zero-order valence-corrected chi connectivity index (χ0v) is 8.51. The van der Waals surface area contributed by atoms with Gasteiger partial charge in [0.1, 0.15) is 6.04 Å². The van der Waals surface area contributed by atoms with Crippen LogP contribution in [-0.2, 0) is 14.3 Å². The smallest absolute Gasteiger partial charge is 0.411 e. The summed E-state index contributed by atoms with van der Waals surface area (Å²) in [7, 11) is 1.32. The summed E-state index contributed by atoms with van der Waals surface area (Å²) >= 11 is 0. The number of cyclic esters (lactones) is 1. The van der Waals surface area contributed by atoms with Crippen molar-refractivity contribution in [2.45, 2.75) is 24.9 Å². The van der Waals surface area contributed by atoms with Gasteiger partial charge in [0.15, 0.2) is 0 Å². The normalized spacial score (nSPS) is 29.4. The van der Waals surface area contributed by atoms with Crippen molar-refractivity contribution in [2.75, 3.05) is 13.7 Å². The van der Waals surface area contributed by atoms with E-state index in [0.717, 1.165) is 6.42 Å². The fourth-order valence-electron chi connectivity index (χ4n) is 1.99. The van der Waals surface area contributed by atoms with Crippen LogP contribution in [0.25, 0.3) is 0 Å². The maximum atomic E-state index is 11.5. The molecule has 0 radical (unpaired) electrons. The van der Waals surface area contributed by atoms with E-state index in [0.29, 0.717) is 13.0 Å². The summed E-state index contributed by atoms with van der Waals surface area (Å²) in [5, 5.41) is 0. The lowest BCUT2D eigenvalue weighted by molar-refractivity contribution is -0.148. The minimum atomic E-state index is -0.530. The van der Waals surface area contributed by atoms with Crippen LogP contribution in [-0.4, -0.2) is 42.8 Å². The van der Waals surface area contributed by atoms with Crippen LogP contribution in [0.15, 0.2) is 12.2 Å². The number of carbonyl (C=O) groups is 2. The highest BCUT2D eigenvalue weighted by molar-refractivity contribution is 5.82. The Morgan fingerprint density at radius 2 is 2.47 bits per heavy atom. The molecule has 2 aliphatic rings. The summed E-state index contributed by atoms with van der Waals surface area (Å²) in [6.07, 6.45) is 4.67. The quantitative estimate of drug-likeness (QED) is 0.473. The van der Waals surface area contributed by atoms with Crippen LogP contribution in [0.4, 0.5) is 4.79 Å². The molecular weight excluding hydrogens is 198 g/mol. The Kier molecular flexibility index (Phi) is 2.62. The first-order valence-corrected chi connectivity index (χ1v) is 4.93. The first-order chi connectivity index (χ1) is 7.24. The molecule has 0 N–H and O–H groups in total. The van der Waals surface area contributed by atoms with Crippen LogP contribution in [0, 0.1) is 0 Å². The van der Waals surface area contributed by atoms with Crippen molar-refractivity contribution < 1.29 is 19.1 Å². The summed E-state index contributed by atoms with van der Waals surface area (Å²) in [6, 6.07) is -0.554. The number of amides is 1. The van der Waals surface area contributed by atoms with E-state index in [4.69, 9.17) is 4.74 Å². The van der Waals surface area contributed by atoms with Crippen molar-refractivity contribution >= 4 is 12.1 Å². The molecule has 1 saturated heterocycles. The average molecular weight is 211 g/mol. The van der Waals surface area contributed by atoms with Crippen LogP contribution in [0.1, 0.15) is 12.8 Å². The van der Waals surface area contributed by atoms with Crippen molar-refractivity contribution in [3.05, 3.63) is 12.2 Å². The summed E-state index contributed by atoms with van der Waals surface area (Å²) < 4.78 is 9.58. The number of nitrogens with zero attached hydrogens (tertiary/aromatic N) is 1. The van der Waals surface area contributed by atoms with E-state index in [1.54, 1.807) is 0 Å². The molecule has 2 unspecified atom stereocenters.